The predicted molar refractivity (Wildman–Crippen MR) is 98.3 cm³/mol. The topological polar surface area (TPSA) is 76.0 Å². The Morgan fingerprint density at radius 2 is 1.80 bits per heavy atom. The van der Waals surface area contributed by atoms with Crippen molar-refractivity contribution in [1.29, 1.82) is 0 Å². The summed E-state index contributed by atoms with van der Waals surface area (Å²) in [6, 6.07) is 7.41. The summed E-state index contributed by atoms with van der Waals surface area (Å²) in [5.41, 5.74) is 4.62. The van der Waals surface area contributed by atoms with Crippen molar-refractivity contribution in [3.05, 3.63) is 46.8 Å². The third kappa shape index (κ3) is 4.68. The van der Waals surface area contributed by atoms with E-state index in [1.807, 2.05) is 59.0 Å². The average molecular weight is 342 g/mol. The maximum absolute atomic E-state index is 12.4. The molecule has 25 heavy (non-hydrogen) atoms. The lowest BCUT2D eigenvalue weighted by Crippen LogP contribution is -2.28. The van der Waals surface area contributed by atoms with E-state index in [2.05, 4.69) is 15.7 Å². The van der Waals surface area contributed by atoms with Crippen LogP contribution in [0, 0.1) is 13.8 Å². The second-order valence-electron chi connectivity index (χ2n) is 6.26. The van der Waals surface area contributed by atoms with Gasteiger partial charge in [0.05, 0.1) is 18.2 Å². The Balaban J connectivity index is 1.97. The fourth-order valence-corrected chi connectivity index (χ4v) is 2.71. The van der Waals surface area contributed by atoms with Crippen LogP contribution in [-0.2, 0) is 23.1 Å². The number of hydrogen-bond donors (Lipinski definition) is 2. The number of nitrogens with zero attached hydrogens (tertiary/aromatic N) is 2. The second kappa shape index (κ2) is 7.96. The molecule has 134 valence electrons. The number of aryl methyl sites for hydroxylation is 2. The molecule has 1 heterocycles. The lowest BCUT2D eigenvalue weighted by atomic mass is 10.1. The number of amides is 2. The van der Waals surface area contributed by atoms with Crippen LogP contribution in [0.25, 0.3) is 0 Å². The fraction of sp³-hybridized carbons (Fsp3) is 0.421. The monoisotopic (exact) mass is 342 g/mol. The summed E-state index contributed by atoms with van der Waals surface area (Å²) in [5, 5.41) is 10.2. The molecule has 1 unspecified atom stereocenters. The van der Waals surface area contributed by atoms with Crippen LogP contribution >= 0.6 is 0 Å². The molecule has 1 aromatic heterocycles. The standard InChI is InChI=1S/C19H26N4O2/c1-6-18(24)21-16-9-7-15(8-10-16)12(2)20-19(25)11-17-13(3)22-23(5)14(17)4/h7-10,12H,6,11H2,1-5H3,(H,20,25)(H,21,24). The molecule has 0 radical (unpaired) electrons. The van der Waals surface area contributed by atoms with Gasteiger partial charge in [-0.25, -0.2) is 0 Å². The number of carbonyl (C=O) groups excluding carboxylic acids is 2. The van der Waals surface area contributed by atoms with Gasteiger partial charge in [-0.15, -0.1) is 0 Å². The summed E-state index contributed by atoms with van der Waals surface area (Å²) in [6.45, 7) is 7.64. The first kappa shape index (κ1) is 18.7. The Bertz CT molecular complexity index is 762. The maximum Gasteiger partial charge on any atom is 0.225 e. The summed E-state index contributed by atoms with van der Waals surface area (Å²) in [5.74, 6) is -0.0497. The first-order valence-electron chi connectivity index (χ1n) is 8.50. The number of anilines is 1. The van der Waals surface area contributed by atoms with Gasteiger partial charge >= 0.3 is 0 Å². The van der Waals surface area contributed by atoms with Gasteiger partial charge in [0, 0.05) is 30.4 Å². The number of nitrogens with one attached hydrogen (secondary N) is 2. The first-order chi connectivity index (χ1) is 11.8. The zero-order valence-electron chi connectivity index (χ0n) is 15.5. The van der Waals surface area contributed by atoms with Gasteiger partial charge in [0.15, 0.2) is 0 Å². The van der Waals surface area contributed by atoms with Crippen LogP contribution in [0.5, 0.6) is 0 Å². The summed E-state index contributed by atoms with van der Waals surface area (Å²) in [7, 11) is 1.88. The van der Waals surface area contributed by atoms with Crippen LogP contribution in [0.1, 0.15) is 48.8 Å². The highest BCUT2D eigenvalue weighted by atomic mass is 16.2. The summed E-state index contributed by atoms with van der Waals surface area (Å²) >= 11 is 0. The van der Waals surface area contributed by atoms with Gasteiger partial charge in [-0.3, -0.25) is 14.3 Å². The van der Waals surface area contributed by atoms with Crippen LogP contribution in [-0.4, -0.2) is 21.6 Å². The lowest BCUT2D eigenvalue weighted by molar-refractivity contribution is -0.121. The van der Waals surface area contributed by atoms with Crippen molar-refractivity contribution in [2.45, 2.75) is 46.6 Å². The average Bonchev–Trinajstić information content (AvgIpc) is 2.81. The molecule has 0 fully saturated rings. The van der Waals surface area contributed by atoms with Crippen molar-refractivity contribution in [2.24, 2.45) is 7.05 Å². The SMILES string of the molecule is CCC(=O)Nc1ccc(C(C)NC(=O)Cc2c(C)nn(C)c2C)cc1. The van der Waals surface area contributed by atoms with Crippen molar-refractivity contribution in [3.8, 4) is 0 Å². The van der Waals surface area contributed by atoms with Crippen molar-refractivity contribution >= 4 is 17.5 Å². The number of hydrogen-bond acceptors (Lipinski definition) is 3. The van der Waals surface area contributed by atoms with Gasteiger partial charge < -0.3 is 10.6 Å². The van der Waals surface area contributed by atoms with E-state index in [0.717, 1.165) is 28.2 Å². The minimum atomic E-state index is -0.110. The molecule has 0 spiro atoms. The van der Waals surface area contributed by atoms with Gasteiger partial charge in [0.1, 0.15) is 0 Å². The smallest absolute Gasteiger partial charge is 0.225 e. The van der Waals surface area contributed by atoms with Crippen LogP contribution < -0.4 is 10.6 Å². The predicted octanol–water partition coefficient (Wildman–Crippen LogP) is 2.81. The van der Waals surface area contributed by atoms with E-state index in [0.29, 0.717) is 12.8 Å². The van der Waals surface area contributed by atoms with Crippen LogP contribution in [0.4, 0.5) is 5.69 Å². The number of benzene rings is 1. The Hall–Kier alpha value is -2.63. The lowest BCUT2D eigenvalue weighted by Gasteiger charge is -2.15. The summed E-state index contributed by atoms with van der Waals surface area (Å²) in [6.07, 6.45) is 0.766. The third-order valence-corrected chi connectivity index (χ3v) is 4.39. The summed E-state index contributed by atoms with van der Waals surface area (Å²) < 4.78 is 1.80. The van der Waals surface area contributed by atoms with Crippen molar-refractivity contribution < 1.29 is 9.59 Å². The van der Waals surface area contributed by atoms with Gasteiger partial charge in [0.2, 0.25) is 11.8 Å². The minimum absolute atomic E-state index is 0.0173. The van der Waals surface area contributed by atoms with E-state index < -0.39 is 0 Å². The zero-order valence-corrected chi connectivity index (χ0v) is 15.5. The van der Waals surface area contributed by atoms with Gasteiger partial charge in [-0.2, -0.15) is 5.10 Å². The first-order valence-corrected chi connectivity index (χ1v) is 8.50. The zero-order chi connectivity index (χ0) is 18.6. The van der Waals surface area contributed by atoms with E-state index in [1.54, 1.807) is 4.68 Å². The molecule has 6 nitrogen and oxygen atoms in total. The molecule has 6 heteroatoms. The van der Waals surface area contributed by atoms with E-state index >= 15 is 0 Å². The molecular weight excluding hydrogens is 316 g/mol. The van der Waals surface area contributed by atoms with Gasteiger partial charge in [-0.05, 0) is 38.5 Å². The molecular formula is C19H26N4O2. The Labute approximate surface area is 148 Å². The van der Waals surface area contributed by atoms with Crippen molar-refractivity contribution in [1.82, 2.24) is 15.1 Å². The quantitative estimate of drug-likeness (QED) is 0.847. The number of aromatic nitrogens is 2. The molecule has 0 aliphatic carbocycles. The molecule has 0 saturated heterocycles. The third-order valence-electron chi connectivity index (χ3n) is 4.39. The molecule has 0 aliphatic heterocycles. The Morgan fingerprint density at radius 1 is 1.16 bits per heavy atom. The Morgan fingerprint density at radius 3 is 2.32 bits per heavy atom. The van der Waals surface area contributed by atoms with Gasteiger partial charge in [0.25, 0.3) is 0 Å². The molecule has 0 bridgehead atoms. The minimum Gasteiger partial charge on any atom is -0.349 e. The molecule has 2 rings (SSSR count). The molecule has 2 amide bonds. The van der Waals surface area contributed by atoms with E-state index in [4.69, 9.17) is 0 Å². The molecule has 1 atom stereocenters. The highest BCUT2D eigenvalue weighted by Gasteiger charge is 2.15. The van der Waals surface area contributed by atoms with E-state index in [9.17, 15) is 9.59 Å². The number of rotatable bonds is 6. The van der Waals surface area contributed by atoms with E-state index in [1.165, 1.54) is 0 Å². The molecule has 2 N–H and O–H groups in total. The molecule has 0 aliphatic rings. The summed E-state index contributed by atoms with van der Waals surface area (Å²) in [4.78, 5) is 23.8. The molecule has 0 saturated carbocycles. The Kier molecular flexibility index (Phi) is 5.96. The molecule has 2 aromatic rings. The van der Waals surface area contributed by atoms with Crippen LogP contribution in [0.15, 0.2) is 24.3 Å². The van der Waals surface area contributed by atoms with Crippen molar-refractivity contribution in [2.75, 3.05) is 5.32 Å². The van der Waals surface area contributed by atoms with Crippen LogP contribution in [0.2, 0.25) is 0 Å². The maximum atomic E-state index is 12.4. The fourth-order valence-electron chi connectivity index (χ4n) is 2.71. The second-order valence-corrected chi connectivity index (χ2v) is 6.26. The van der Waals surface area contributed by atoms with Crippen molar-refractivity contribution in [3.63, 3.8) is 0 Å². The van der Waals surface area contributed by atoms with E-state index in [-0.39, 0.29) is 17.9 Å². The largest absolute Gasteiger partial charge is 0.349 e. The normalized spacial score (nSPS) is 11.9. The van der Waals surface area contributed by atoms with Gasteiger partial charge in [-0.1, -0.05) is 19.1 Å². The number of carbonyl (C=O) groups is 2. The highest BCUT2D eigenvalue weighted by molar-refractivity contribution is 5.90. The highest BCUT2D eigenvalue weighted by Crippen LogP contribution is 2.17. The van der Waals surface area contributed by atoms with Crippen LogP contribution in [0.3, 0.4) is 0 Å². The molecule has 1 aromatic carbocycles.